The zero-order valence-corrected chi connectivity index (χ0v) is 18.9. The van der Waals surface area contributed by atoms with Crippen LogP contribution in [0.15, 0.2) is 70.4 Å². The van der Waals surface area contributed by atoms with Crippen LogP contribution in [0.3, 0.4) is 0 Å². The zero-order valence-electron chi connectivity index (χ0n) is 17.3. The Bertz CT molecular complexity index is 1040. The molecule has 0 spiro atoms. The Hall–Kier alpha value is -2.86. The lowest BCUT2D eigenvalue weighted by Crippen LogP contribution is -2.44. The van der Waals surface area contributed by atoms with Gasteiger partial charge in [-0.3, -0.25) is 14.5 Å². The fraction of sp³-hybridized carbons (Fsp3) is 0.280. The monoisotopic (exact) mass is 480 g/mol. The Morgan fingerprint density at radius 3 is 2.74 bits per heavy atom. The second kappa shape index (κ2) is 9.96. The fourth-order valence-electron chi connectivity index (χ4n) is 3.85. The van der Waals surface area contributed by atoms with Crippen LogP contribution in [-0.2, 0) is 9.59 Å². The molecule has 1 heterocycles. The number of nitrogens with zero attached hydrogens (tertiary/aromatic N) is 1. The minimum Gasteiger partial charge on any atom is -0.449 e. The Balaban J connectivity index is 1.49. The van der Waals surface area contributed by atoms with Crippen molar-refractivity contribution >= 4 is 39.5 Å². The molecule has 0 radical (unpaired) electrons. The molecule has 2 aromatic carbocycles. The summed E-state index contributed by atoms with van der Waals surface area (Å²) in [6.45, 7) is 0.538. The van der Waals surface area contributed by atoms with Crippen molar-refractivity contribution in [3.63, 3.8) is 0 Å². The first-order valence-electron chi connectivity index (χ1n) is 10.6. The molecule has 4 rings (SSSR count). The van der Waals surface area contributed by atoms with Gasteiger partial charge in [0, 0.05) is 11.0 Å². The predicted molar refractivity (Wildman–Crippen MR) is 126 cm³/mol. The third-order valence-electron chi connectivity index (χ3n) is 5.48. The summed E-state index contributed by atoms with van der Waals surface area (Å²) in [6.07, 6.45) is 9.59. The minimum absolute atomic E-state index is 0.0500. The number of allylic oxidation sites excluding steroid dienone is 1. The van der Waals surface area contributed by atoms with Crippen LogP contribution < -0.4 is 15.0 Å². The van der Waals surface area contributed by atoms with E-state index in [1.807, 2.05) is 36.4 Å². The number of rotatable bonds is 6. The molecular weight excluding hydrogens is 456 g/mol. The van der Waals surface area contributed by atoms with Crippen LogP contribution in [0.2, 0.25) is 0 Å². The number of para-hydroxylation sites is 2. The zero-order chi connectivity index (χ0) is 21.6. The van der Waals surface area contributed by atoms with Gasteiger partial charge in [-0.2, -0.15) is 0 Å². The standard InChI is InChI=1S/C25H25BrN2O3/c26-20-11-5-4-10-19(20)16-23-25(30)28(21-12-6-7-13-22(21)31-23)17-24(29)27-15-14-18-8-2-1-3-9-18/h4-8,10-13,16H,1-3,9,14-15,17H2,(H,27,29). The number of hydrogen-bond acceptors (Lipinski definition) is 3. The van der Waals surface area contributed by atoms with Crippen LogP contribution >= 0.6 is 15.9 Å². The molecule has 5 nitrogen and oxygen atoms in total. The van der Waals surface area contributed by atoms with E-state index < -0.39 is 0 Å². The number of amides is 2. The Morgan fingerprint density at radius 2 is 1.94 bits per heavy atom. The largest absolute Gasteiger partial charge is 0.449 e. The number of carbonyl (C=O) groups excluding carboxylic acids is 2. The normalized spacial score (nSPS) is 17.1. The summed E-state index contributed by atoms with van der Waals surface area (Å²) in [5.41, 5.74) is 2.84. The van der Waals surface area contributed by atoms with E-state index >= 15 is 0 Å². The van der Waals surface area contributed by atoms with Crippen molar-refractivity contribution in [2.45, 2.75) is 32.1 Å². The molecule has 0 bridgehead atoms. The quantitative estimate of drug-likeness (QED) is 0.455. The molecule has 1 N–H and O–H groups in total. The molecule has 160 valence electrons. The number of fused-ring (bicyclic) bond motifs is 1. The average Bonchev–Trinajstić information content (AvgIpc) is 2.79. The van der Waals surface area contributed by atoms with Gasteiger partial charge in [0.25, 0.3) is 5.91 Å². The summed E-state index contributed by atoms with van der Waals surface area (Å²) in [5, 5.41) is 2.96. The maximum Gasteiger partial charge on any atom is 0.294 e. The van der Waals surface area contributed by atoms with Gasteiger partial charge >= 0.3 is 0 Å². The van der Waals surface area contributed by atoms with Gasteiger partial charge in [-0.25, -0.2) is 0 Å². The Morgan fingerprint density at radius 1 is 1.13 bits per heavy atom. The highest BCUT2D eigenvalue weighted by Gasteiger charge is 2.31. The lowest BCUT2D eigenvalue weighted by Gasteiger charge is -2.30. The van der Waals surface area contributed by atoms with E-state index in [0.717, 1.165) is 29.3 Å². The number of halogens is 1. The number of nitrogens with one attached hydrogen (secondary N) is 1. The van der Waals surface area contributed by atoms with E-state index in [9.17, 15) is 9.59 Å². The number of carbonyl (C=O) groups is 2. The van der Waals surface area contributed by atoms with Gasteiger partial charge in [-0.05, 0) is 61.9 Å². The second-order valence-corrected chi connectivity index (χ2v) is 8.55. The highest BCUT2D eigenvalue weighted by Crippen LogP contribution is 2.35. The van der Waals surface area contributed by atoms with Gasteiger partial charge in [0.05, 0.1) is 5.69 Å². The first-order chi connectivity index (χ1) is 15.1. The van der Waals surface area contributed by atoms with Crippen molar-refractivity contribution in [1.29, 1.82) is 0 Å². The van der Waals surface area contributed by atoms with E-state index in [0.29, 0.717) is 18.0 Å². The van der Waals surface area contributed by atoms with Crippen molar-refractivity contribution in [1.82, 2.24) is 5.32 Å². The highest BCUT2D eigenvalue weighted by atomic mass is 79.9. The number of hydrogen-bond donors (Lipinski definition) is 1. The number of anilines is 1. The van der Waals surface area contributed by atoms with E-state index in [4.69, 9.17) is 4.74 Å². The first-order valence-corrected chi connectivity index (χ1v) is 11.4. The van der Waals surface area contributed by atoms with Gasteiger partial charge in [0.2, 0.25) is 5.91 Å². The molecule has 31 heavy (non-hydrogen) atoms. The Labute approximate surface area is 190 Å². The summed E-state index contributed by atoms with van der Waals surface area (Å²) in [4.78, 5) is 27.3. The lowest BCUT2D eigenvalue weighted by atomic mass is 9.97. The van der Waals surface area contributed by atoms with E-state index in [1.54, 1.807) is 18.2 Å². The van der Waals surface area contributed by atoms with E-state index in [2.05, 4.69) is 27.3 Å². The van der Waals surface area contributed by atoms with Gasteiger partial charge in [0.15, 0.2) is 11.5 Å². The van der Waals surface area contributed by atoms with Crippen LogP contribution in [0.4, 0.5) is 5.69 Å². The summed E-state index contributed by atoms with van der Waals surface area (Å²) in [7, 11) is 0. The van der Waals surface area contributed by atoms with Crippen molar-refractivity contribution in [2.24, 2.45) is 0 Å². The molecule has 2 amide bonds. The molecule has 0 atom stereocenters. The van der Waals surface area contributed by atoms with Crippen LogP contribution in [0.5, 0.6) is 5.75 Å². The van der Waals surface area contributed by atoms with Crippen molar-refractivity contribution < 1.29 is 14.3 Å². The van der Waals surface area contributed by atoms with Crippen molar-refractivity contribution in [3.8, 4) is 5.75 Å². The maximum atomic E-state index is 13.2. The van der Waals surface area contributed by atoms with Crippen LogP contribution in [0.25, 0.3) is 6.08 Å². The van der Waals surface area contributed by atoms with Gasteiger partial charge in [-0.1, -0.05) is 57.9 Å². The third-order valence-corrected chi connectivity index (χ3v) is 6.20. The number of ether oxygens (including phenoxy) is 1. The predicted octanol–water partition coefficient (Wildman–Crippen LogP) is 5.22. The smallest absolute Gasteiger partial charge is 0.294 e. The van der Waals surface area contributed by atoms with Crippen LogP contribution in [-0.4, -0.2) is 24.9 Å². The molecule has 6 heteroatoms. The summed E-state index contributed by atoms with van der Waals surface area (Å²) in [6, 6.07) is 14.9. The van der Waals surface area contributed by atoms with Gasteiger partial charge in [-0.15, -0.1) is 0 Å². The summed E-state index contributed by atoms with van der Waals surface area (Å²) >= 11 is 3.50. The topological polar surface area (TPSA) is 58.6 Å². The highest BCUT2D eigenvalue weighted by molar-refractivity contribution is 9.10. The van der Waals surface area contributed by atoms with E-state index in [-0.39, 0.29) is 24.1 Å². The molecule has 0 saturated carbocycles. The number of benzene rings is 2. The molecule has 2 aromatic rings. The van der Waals surface area contributed by atoms with Gasteiger partial charge < -0.3 is 10.1 Å². The van der Waals surface area contributed by atoms with E-state index in [1.165, 1.54) is 23.3 Å². The molecule has 0 aromatic heterocycles. The molecule has 1 aliphatic heterocycles. The minimum atomic E-state index is -0.334. The summed E-state index contributed by atoms with van der Waals surface area (Å²) < 4.78 is 6.75. The maximum absolute atomic E-state index is 13.2. The molecule has 0 saturated heterocycles. The molecule has 2 aliphatic rings. The first kappa shape index (κ1) is 21.4. The van der Waals surface area contributed by atoms with Crippen molar-refractivity contribution in [2.75, 3.05) is 18.0 Å². The summed E-state index contributed by atoms with van der Waals surface area (Å²) in [5.74, 6) is 0.229. The average molecular weight is 481 g/mol. The van der Waals surface area contributed by atoms with Crippen molar-refractivity contribution in [3.05, 3.63) is 76.0 Å². The molecule has 1 aliphatic carbocycles. The van der Waals surface area contributed by atoms with Crippen LogP contribution in [0, 0.1) is 0 Å². The lowest BCUT2D eigenvalue weighted by molar-refractivity contribution is -0.123. The molecule has 0 unspecified atom stereocenters. The molecular formula is C25H25BrN2O3. The Kier molecular flexibility index (Phi) is 6.87. The van der Waals surface area contributed by atoms with Crippen LogP contribution in [0.1, 0.15) is 37.7 Å². The SMILES string of the molecule is O=C(CN1C(=O)C(=Cc2ccccc2Br)Oc2ccccc21)NCCC1=CCCCC1. The second-order valence-electron chi connectivity index (χ2n) is 7.70. The fourth-order valence-corrected chi connectivity index (χ4v) is 4.25. The third kappa shape index (κ3) is 5.25. The van der Waals surface area contributed by atoms with Gasteiger partial charge in [0.1, 0.15) is 6.54 Å². The molecule has 0 fully saturated rings.